The molecule has 0 radical (unpaired) electrons. The van der Waals surface area contributed by atoms with Gasteiger partial charge in [-0.15, -0.1) is 0 Å². The average Bonchev–Trinajstić information content (AvgIpc) is 2.30. The second-order valence-corrected chi connectivity index (χ2v) is 5.46. The van der Waals surface area contributed by atoms with Gasteiger partial charge in [-0.05, 0) is 18.2 Å². The SMILES string of the molecule is CCN(CC)S(=O)(=O)c1ccc(F)c(C(=O)[O-])c1. The molecule has 0 saturated heterocycles. The first-order valence-electron chi connectivity index (χ1n) is 5.35. The zero-order valence-corrected chi connectivity index (χ0v) is 10.8. The zero-order chi connectivity index (χ0) is 13.9. The van der Waals surface area contributed by atoms with Crippen LogP contribution < -0.4 is 5.11 Å². The van der Waals surface area contributed by atoms with E-state index in [1.807, 2.05) is 0 Å². The van der Waals surface area contributed by atoms with Crippen LogP contribution in [0.4, 0.5) is 4.39 Å². The molecule has 1 rings (SSSR count). The molecule has 0 heterocycles. The maximum Gasteiger partial charge on any atom is 0.243 e. The molecule has 0 N–H and O–H groups in total. The predicted molar refractivity (Wildman–Crippen MR) is 60.8 cm³/mol. The first kappa shape index (κ1) is 14.6. The fourth-order valence-corrected chi connectivity index (χ4v) is 3.02. The van der Waals surface area contributed by atoms with Crippen molar-refractivity contribution in [3.05, 3.63) is 29.6 Å². The van der Waals surface area contributed by atoms with E-state index >= 15 is 0 Å². The third-order valence-corrected chi connectivity index (χ3v) is 4.55. The van der Waals surface area contributed by atoms with Crippen LogP contribution in [-0.2, 0) is 10.0 Å². The van der Waals surface area contributed by atoms with Crippen LogP contribution in [-0.4, -0.2) is 31.8 Å². The monoisotopic (exact) mass is 274 g/mol. The number of carboxylic acid groups (broad SMARTS) is 1. The van der Waals surface area contributed by atoms with Crippen LogP contribution in [0.2, 0.25) is 0 Å². The molecule has 1 aromatic rings. The summed E-state index contributed by atoms with van der Waals surface area (Å²) in [7, 11) is -3.80. The summed E-state index contributed by atoms with van der Waals surface area (Å²) >= 11 is 0. The number of benzene rings is 1. The quantitative estimate of drug-likeness (QED) is 0.769. The molecule has 0 bridgehead atoms. The van der Waals surface area contributed by atoms with E-state index in [4.69, 9.17) is 0 Å². The number of carbonyl (C=O) groups is 1. The van der Waals surface area contributed by atoms with Crippen molar-refractivity contribution in [1.29, 1.82) is 0 Å². The van der Waals surface area contributed by atoms with E-state index in [0.29, 0.717) is 0 Å². The van der Waals surface area contributed by atoms with Gasteiger partial charge in [0.2, 0.25) is 10.0 Å². The van der Waals surface area contributed by atoms with Gasteiger partial charge in [-0.3, -0.25) is 0 Å². The van der Waals surface area contributed by atoms with E-state index in [9.17, 15) is 22.7 Å². The Bertz CT molecular complexity index is 552. The largest absolute Gasteiger partial charge is 0.545 e. The molecular formula is C11H13FNO4S-. The topological polar surface area (TPSA) is 77.5 Å². The molecule has 7 heteroatoms. The number of rotatable bonds is 5. The van der Waals surface area contributed by atoms with Gasteiger partial charge in [-0.2, -0.15) is 4.31 Å². The van der Waals surface area contributed by atoms with Gasteiger partial charge in [-0.25, -0.2) is 12.8 Å². The van der Waals surface area contributed by atoms with Crippen molar-refractivity contribution in [1.82, 2.24) is 4.31 Å². The third kappa shape index (κ3) is 2.68. The van der Waals surface area contributed by atoms with Gasteiger partial charge in [0.25, 0.3) is 0 Å². The van der Waals surface area contributed by atoms with Gasteiger partial charge >= 0.3 is 0 Å². The second-order valence-electron chi connectivity index (χ2n) is 3.52. The maximum atomic E-state index is 13.1. The zero-order valence-electron chi connectivity index (χ0n) is 10.0. The molecule has 18 heavy (non-hydrogen) atoms. The first-order valence-corrected chi connectivity index (χ1v) is 6.79. The normalized spacial score (nSPS) is 11.8. The second kappa shape index (κ2) is 5.45. The summed E-state index contributed by atoms with van der Waals surface area (Å²) in [6, 6.07) is 2.62. The standard InChI is InChI=1S/C11H14FNO4S/c1-3-13(4-2)18(16,17)8-5-6-10(12)9(7-8)11(14)15/h5-7H,3-4H2,1-2H3,(H,14,15)/p-1. The highest BCUT2D eigenvalue weighted by Gasteiger charge is 2.22. The minimum atomic E-state index is -3.80. The van der Waals surface area contributed by atoms with Crippen molar-refractivity contribution >= 4 is 16.0 Å². The van der Waals surface area contributed by atoms with Crippen molar-refractivity contribution in [2.75, 3.05) is 13.1 Å². The Morgan fingerprint density at radius 2 is 1.89 bits per heavy atom. The molecule has 0 fully saturated rings. The van der Waals surface area contributed by atoms with Crippen LogP contribution in [0, 0.1) is 5.82 Å². The number of carboxylic acids is 1. The molecule has 0 aliphatic carbocycles. The molecule has 0 aliphatic heterocycles. The van der Waals surface area contributed by atoms with Gasteiger partial charge in [-0.1, -0.05) is 13.8 Å². The highest BCUT2D eigenvalue weighted by atomic mass is 32.2. The van der Waals surface area contributed by atoms with Crippen LogP contribution in [0.15, 0.2) is 23.1 Å². The molecule has 0 atom stereocenters. The highest BCUT2D eigenvalue weighted by molar-refractivity contribution is 7.89. The van der Waals surface area contributed by atoms with Gasteiger partial charge in [0.1, 0.15) is 5.82 Å². The number of nitrogens with zero attached hydrogens (tertiary/aromatic N) is 1. The van der Waals surface area contributed by atoms with Gasteiger partial charge in [0, 0.05) is 18.7 Å². The Morgan fingerprint density at radius 1 is 1.33 bits per heavy atom. The molecule has 5 nitrogen and oxygen atoms in total. The Kier molecular flexibility index (Phi) is 4.42. The summed E-state index contributed by atoms with van der Waals surface area (Å²) in [6.45, 7) is 3.81. The Morgan fingerprint density at radius 3 is 2.33 bits per heavy atom. The minimum Gasteiger partial charge on any atom is -0.545 e. The van der Waals surface area contributed by atoms with Crippen LogP contribution in [0.25, 0.3) is 0 Å². The summed E-state index contributed by atoms with van der Waals surface area (Å²) in [5.41, 5.74) is -0.761. The van der Waals surface area contributed by atoms with Crippen LogP contribution in [0.1, 0.15) is 24.2 Å². The smallest absolute Gasteiger partial charge is 0.243 e. The Labute approximate surface area is 105 Å². The summed E-state index contributed by atoms with van der Waals surface area (Å²) in [5, 5.41) is 10.7. The van der Waals surface area contributed by atoms with Crippen LogP contribution in [0.5, 0.6) is 0 Å². The van der Waals surface area contributed by atoms with E-state index in [0.717, 1.165) is 22.5 Å². The minimum absolute atomic E-state index is 0.247. The summed E-state index contributed by atoms with van der Waals surface area (Å²) in [5.74, 6) is -2.77. The summed E-state index contributed by atoms with van der Waals surface area (Å²) in [6.07, 6.45) is 0. The van der Waals surface area contributed by atoms with Crippen LogP contribution >= 0.6 is 0 Å². The average molecular weight is 274 g/mol. The molecule has 0 unspecified atom stereocenters. The van der Waals surface area contributed by atoms with Crippen molar-refractivity contribution in [3.63, 3.8) is 0 Å². The van der Waals surface area contributed by atoms with E-state index in [1.165, 1.54) is 0 Å². The lowest BCUT2D eigenvalue weighted by Gasteiger charge is -2.19. The number of aromatic carboxylic acids is 1. The molecule has 0 saturated carbocycles. The van der Waals surface area contributed by atoms with Gasteiger partial charge in [0.05, 0.1) is 10.9 Å². The highest BCUT2D eigenvalue weighted by Crippen LogP contribution is 2.18. The summed E-state index contributed by atoms with van der Waals surface area (Å²) in [4.78, 5) is 10.4. The molecule has 1 aromatic carbocycles. The van der Waals surface area contributed by atoms with Crippen molar-refractivity contribution in [2.24, 2.45) is 0 Å². The molecule has 0 spiro atoms. The summed E-state index contributed by atoms with van der Waals surface area (Å²) < 4.78 is 38.4. The van der Waals surface area contributed by atoms with Crippen molar-refractivity contribution in [3.8, 4) is 0 Å². The van der Waals surface area contributed by atoms with E-state index in [2.05, 4.69) is 0 Å². The lowest BCUT2D eigenvalue weighted by Crippen LogP contribution is -2.31. The fourth-order valence-electron chi connectivity index (χ4n) is 1.53. The fraction of sp³-hybridized carbons (Fsp3) is 0.364. The molecule has 100 valence electrons. The molecule has 0 aromatic heterocycles. The van der Waals surface area contributed by atoms with Crippen LogP contribution in [0.3, 0.4) is 0 Å². The van der Waals surface area contributed by atoms with Crippen molar-refractivity contribution < 1.29 is 22.7 Å². The van der Waals surface area contributed by atoms with Gasteiger partial charge < -0.3 is 9.90 Å². The van der Waals surface area contributed by atoms with E-state index < -0.39 is 27.4 Å². The molecule has 0 amide bonds. The number of sulfonamides is 1. The van der Waals surface area contributed by atoms with Gasteiger partial charge in [0.15, 0.2) is 0 Å². The predicted octanol–water partition coefficient (Wildman–Crippen LogP) is 0.220. The third-order valence-electron chi connectivity index (χ3n) is 2.50. The number of hydrogen-bond donors (Lipinski definition) is 0. The first-order chi connectivity index (χ1) is 8.34. The number of carbonyl (C=O) groups excluding carboxylic acids is 1. The Balaban J connectivity index is 3.34. The molecular weight excluding hydrogens is 261 g/mol. The lowest BCUT2D eigenvalue weighted by atomic mass is 10.2. The number of hydrogen-bond acceptors (Lipinski definition) is 4. The number of halogens is 1. The van der Waals surface area contributed by atoms with E-state index in [1.54, 1.807) is 13.8 Å². The van der Waals surface area contributed by atoms with E-state index in [-0.39, 0.29) is 18.0 Å². The Hall–Kier alpha value is -1.47. The maximum absolute atomic E-state index is 13.1. The lowest BCUT2D eigenvalue weighted by molar-refractivity contribution is -0.255. The van der Waals surface area contributed by atoms with Crippen molar-refractivity contribution in [2.45, 2.75) is 18.7 Å². The molecule has 0 aliphatic rings.